The Balaban J connectivity index is 1.30. The van der Waals surface area contributed by atoms with E-state index in [1.807, 2.05) is 24.3 Å². The molecule has 226 valence electrons. The average molecular weight is 607 g/mol. The first-order valence-corrected chi connectivity index (χ1v) is 15.7. The summed E-state index contributed by atoms with van der Waals surface area (Å²) in [6, 6.07) is 12.0. The molecule has 11 heteroatoms. The van der Waals surface area contributed by atoms with Gasteiger partial charge in [-0.25, -0.2) is 14.2 Å². The van der Waals surface area contributed by atoms with Crippen LogP contribution in [-0.4, -0.2) is 63.0 Å². The maximum atomic E-state index is 14.2. The monoisotopic (exact) mass is 606 g/mol. The van der Waals surface area contributed by atoms with Crippen molar-refractivity contribution >= 4 is 45.0 Å². The van der Waals surface area contributed by atoms with Gasteiger partial charge in [-0.05, 0) is 62.4 Å². The minimum atomic E-state index is -1.41. The zero-order valence-electron chi connectivity index (χ0n) is 23.8. The predicted octanol–water partition coefficient (Wildman–Crippen LogP) is 5.28. The summed E-state index contributed by atoms with van der Waals surface area (Å²) in [6.45, 7) is 0.138. The summed E-state index contributed by atoms with van der Waals surface area (Å²) in [5.41, 5.74) is 0.908. The van der Waals surface area contributed by atoms with Crippen LogP contribution in [0.3, 0.4) is 0 Å². The van der Waals surface area contributed by atoms with Crippen molar-refractivity contribution in [2.75, 3.05) is 11.9 Å². The molecule has 9 nitrogen and oxygen atoms in total. The van der Waals surface area contributed by atoms with Crippen LogP contribution < -0.4 is 15.4 Å². The second-order valence-electron chi connectivity index (χ2n) is 11.7. The number of aromatic nitrogens is 1. The average Bonchev–Trinajstić information content (AvgIpc) is 3.70. The number of nitrogens with one attached hydrogen (secondary N) is 2. The second kappa shape index (κ2) is 12.3. The number of nitrogens with zero attached hydrogens (tertiary/aromatic N) is 2. The highest BCUT2D eigenvalue weighted by Gasteiger charge is 2.49. The smallest absolute Gasteiger partial charge is 0.329 e. The van der Waals surface area contributed by atoms with Gasteiger partial charge in [0.05, 0.1) is 16.8 Å². The lowest BCUT2D eigenvalue weighted by Gasteiger charge is -2.32. The van der Waals surface area contributed by atoms with E-state index in [1.165, 1.54) is 28.4 Å². The molecule has 3 aliphatic rings. The molecule has 6 rings (SSSR count). The van der Waals surface area contributed by atoms with Gasteiger partial charge in [0.2, 0.25) is 11.8 Å². The fourth-order valence-electron chi connectivity index (χ4n) is 6.41. The highest BCUT2D eigenvalue weighted by molar-refractivity contribution is 7.20. The van der Waals surface area contributed by atoms with Gasteiger partial charge in [0, 0.05) is 18.5 Å². The van der Waals surface area contributed by atoms with E-state index in [2.05, 4.69) is 21.7 Å². The Morgan fingerprint density at radius 1 is 1.16 bits per heavy atom. The topological polar surface area (TPSA) is 121 Å². The van der Waals surface area contributed by atoms with Crippen LogP contribution in [0.5, 0.6) is 5.19 Å². The lowest BCUT2D eigenvalue weighted by molar-refractivity contribution is -0.148. The van der Waals surface area contributed by atoms with Crippen molar-refractivity contribution in [1.82, 2.24) is 15.2 Å². The van der Waals surface area contributed by atoms with Gasteiger partial charge >= 0.3 is 5.97 Å². The molecule has 3 heterocycles. The Morgan fingerprint density at radius 2 is 2.02 bits per heavy atom. The van der Waals surface area contributed by atoms with Gasteiger partial charge in [-0.15, -0.1) is 0 Å². The molecule has 3 aromatic rings. The Labute approximate surface area is 253 Å². The zero-order valence-corrected chi connectivity index (χ0v) is 24.6. The zero-order chi connectivity index (χ0) is 30.0. The van der Waals surface area contributed by atoms with Crippen LogP contribution in [0.1, 0.15) is 57.8 Å². The number of aliphatic carboxylic acids is 1. The third-order valence-corrected chi connectivity index (χ3v) is 9.58. The summed E-state index contributed by atoms with van der Waals surface area (Å²) in [6.07, 6.45) is 6.81. The van der Waals surface area contributed by atoms with Crippen molar-refractivity contribution in [1.29, 1.82) is 0 Å². The van der Waals surface area contributed by atoms with Gasteiger partial charge in [0.15, 0.2) is 0 Å². The molecule has 0 radical (unpaired) electrons. The van der Waals surface area contributed by atoms with E-state index in [0.717, 1.165) is 41.5 Å². The van der Waals surface area contributed by atoms with Crippen molar-refractivity contribution in [3.05, 3.63) is 66.0 Å². The molecule has 1 saturated carbocycles. The first kappa shape index (κ1) is 29.1. The maximum Gasteiger partial charge on any atom is 0.329 e. The van der Waals surface area contributed by atoms with Crippen molar-refractivity contribution in [3.8, 4) is 5.19 Å². The third-order valence-electron chi connectivity index (χ3n) is 8.66. The molecule has 1 aromatic heterocycles. The van der Waals surface area contributed by atoms with Gasteiger partial charge in [-0.3, -0.25) is 9.59 Å². The first-order chi connectivity index (χ1) is 20.8. The number of anilines is 1. The van der Waals surface area contributed by atoms with Gasteiger partial charge in [-0.2, -0.15) is 0 Å². The summed E-state index contributed by atoms with van der Waals surface area (Å²) >= 11 is 1.39. The molecule has 0 spiro atoms. The third kappa shape index (κ3) is 6.36. The van der Waals surface area contributed by atoms with Crippen LogP contribution in [0.2, 0.25) is 0 Å². The number of halogens is 1. The van der Waals surface area contributed by atoms with Crippen molar-refractivity contribution in [2.24, 2.45) is 0 Å². The SMILES string of the molecule is O=C1N[C@]2(C(=O)O)CC/C(=C/CCCCC[C@H](Nc3cccc(F)c3)C(=O)N3C[C@H](Oc4nc5ccccc5s4)C[C@@H]13)C2. The summed E-state index contributed by atoms with van der Waals surface area (Å²) < 4.78 is 21.2. The molecule has 2 bridgehead atoms. The molecule has 2 aromatic carbocycles. The molecule has 1 saturated heterocycles. The fourth-order valence-corrected chi connectivity index (χ4v) is 7.29. The largest absolute Gasteiger partial charge is 0.479 e. The number of benzene rings is 2. The summed E-state index contributed by atoms with van der Waals surface area (Å²) in [5, 5.41) is 16.7. The number of carboxylic acids is 1. The van der Waals surface area contributed by atoms with Crippen LogP contribution in [0, 0.1) is 5.82 Å². The minimum absolute atomic E-state index is 0.138. The number of rotatable bonds is 5. The highest BCUT2D eigenvalue weighted by atomic mass is 32.1. The van der Waals surface area contributed by atoms with Gasteiger partial charge < -0.3 is 25.4 Å². The highest BCUT2D eigenvalue weighted by Crippen LogP contribution is 2.37. The predicted molar refractivity (Wildman–Crippen MR) is 161 cm³/mol. The first-order valence-electron chi connectivity index (χ1n) is 14.9. The molecule has 3 N–H and O–H groups in total. The summed E-state index contributed by atoms with van der Waals surface area (Å²) in [7, 11) is 0. The molecule has 2 amide bonds. The number of hydrogen-bond acceptors (Lipinski definition) is 7. The summed E-state index contributed by atoms with van der Waals surface area (Å²) in [4.78, 5) is 46.7. The quantitative estimate of drug-likeness (QED) is 0.338. The number of para-hydroxylation sites is 1. The molecular formula is C32H35FN4O5S. The molecule has 43 heavy (non-hydrogen) atoms. The van der Waals surface area contributed by atoms with E-state index in [9.17, 15) is 23.9 Å². The lowest BCUT2D eigenvalue weighted by Crippen LogP contribution is -2.58. The number of allylic oxidation sites excluding steroid dienone is 1. The van der Waals surface area contributed by atoms with Crippen LogP contribution in [-0.2, 0) is 14.4 Å². The van der Waals surface area contributed by atoms with Crippen molar-refractivity contribution < 1.29 is 28.6 Å². The van der Waals surface area contributed by atoms with Crippen LogP contribution in [0.15, 0.2) is 60.2 Å². The number of carbonyl (C=O) groups is 3. The molecule has 1 aliphatic carbocycles. The van der Waals surface area contributed by atoms with E-state index in [0.29, 0.717) is 30.1 Å². The standard InChI is InChI=1S/C32H35FN4O5S/c33-21-9-7-10-22(16-21)34-25-12-4-2-1-3-8-20-14-15-32(18-20,30(40)41)36-28(38)26-17-23(19-37(26)29(25)39)42-31-35-24-11-5-6-13-27(24)43-31/h5-11,13,16,23,25-26,34H,1-4,12,14-15,17-19H2,(H,36,38)(H,40,41)/b20-8-/t23-,25+,26+,32-/m1/s1. The number of carbonyl (C=O) groups excluding carboxylic acids is 2. The Kier molecular flexibility index (Phi) is 8.34. The van der Waals surface area contributed by atoms with Crippen LogP contribution in [0.4, 0.5) is 10.1 Å². The Morgan fingerprint density at radius 3 is 2.84 bits per heavy atom. The van der Waals surface area contributed by atoms with Gasteiger partial charge in [0.25, 0.3) is 5.19 Å². The van der Waals surface area contributed by atoms with E-state index in [1.54, 1.807) is 12.1 Å². The van der Waals surface area contributed by atoms with Crippen LogP contribution >= 0.6 is 11.3 Å². The summed E-state index contributed by atoms with van der Waals surface area (Å²) in [5.74, 6) is -2.30. The number of ether oxygens (including phenoxy) is 1. The Bertz CT molecular complexity index is 1530. The number of amides is 2. The van der Waals surface area contributed by atoms with Crippen LogP contribution in [0.25, 0.3) is 10.2 Å². The molecule has 4 atom stereocenters. The lowest BCUT2D eigenvalue weighted by atomic mass is 9.96. The van der Waals surface area contributed by atoms with Gasteiger partial charge in [-0.1, -0.05) is 54.0 Å². The number of hydrogen-bond donors (Lipinski definition) is 3. The fraction of sp³-hybridized carbons (Fsp3) is 0.438. The van der Waals surface area contributed by atoms with Gasteiger partial charge in [0.1, 0.15) is 29.5 Å². The van der Waals surface area contributed by atoms with E-state index in [4.69, 9.17) is 4.74 Å². The van der Waals surface area contributed by atoms with Crippen molar-refractivity contribution in [2.45, 2.75) is 81.5 Å². The second-order valence-corrected chi connectivity index (χ2v) is 12.7. The number of thiazole rings is 1. The number of fused-ring (bicyclic) bond motifs is 4. The minimum Gasteiger partial charge on any atom is -0.479 e. The normalized spacial score (nSPS) is 27.9. The van der Waals surface area contributed by atoms with E-state index < -0.39 is 41.4 Å². The molecule has 2 aliphatic heterocycles. The molecule has 2 fully saturated rings. The maximum absolute atomic E-state index is 14.2. The number of carboxylic acid groups (broad SMARTS) is 1. The Hall–Kier alpha value is -3.99. The van der Waals surface area contributed by atoms with E-state index >= 15 is 0 Å². The van der Waals surface area contributed by atoms with Crippen molar-refractivity contribution in [3.63, 3.8) is 0 Å². The molecular weight excluding hydrogens is 571 g/mol. The van der Waals surface area contributed by atoms with E-state index in [-0.39, 0.29) is 25.3 Å². The molecule has 0 unspecified atom stereocenters.